The van der Waals surface area contributed by atoms with Crippen molar-refractivity contribution in [1.29, 1.82) is 5.41 Å². The van der Waals surface area contributed by atoms with Gasteiger partial charge in [-0.15, -0.1) is 0 Å². The topological polar surface area (TPSA) is 104 Å². The first-order valence-corrected chi connectivity index (χ1v) is 9.66. The highest BCUT2D eigenvalue weighted by atomic mass is 16.1. The summed E-state index contributed by atoms with van der Waals surface area (Å²) in [5.41, 5.74) is 6.89. The number of nitrogens with two attached hydrogens (primary N) is 1. The molecule has 3 heterocycles. The largest absolute Gasteiger partial charge is 0.388 e. The first-order valence-electron chi connectivity index (χ1n) is 9.66. The minimum Gasteiger partial charge on any atom is -0.388 e. The lowest BCUT2D eigenvalue weighted by atomic mass is 10.2. The van der Waals surface area contributed by atoms with Gasteiger partial charge in [0.2, 0.25) is 0 Å². The van der Waals surface area contributed by atoms with Crippen LogP contribution < -0.4 is 11.4 Å². The van der Waals surface area contributed by atoms with E-state index in [1.807, 2.05) is 29.0 Å². The molecule has 1 fully saturated rings. The number of nitrogens with zero attached hydrogens (tertiary/aromatic N) is 3. The third-order valence-corrected chi connectivity index (χ3v) is 5.48. The van der Waals surface area contributed by atoms with Gasteiger partial charge in [0.15, 0.2) is 0 Å². The summed E-state index contributed by atoms with van der Waals surface area (Å²) in [6.45, 7) is 2.93. The summed E-state index contributed by atoms with van der Waals surface area (Å²) in [5, 5.41) is 9.37. The molecule has 0 saturated carbocycles. The fourth-order valence-corrected chi connectivity index (χ4v) is 4.05. The lowest BCUT2D eigenvalue weighted by Gasteiger charge is -2.17. The normalized spacial score (nSPS) is 17.9. The van der Waals surface area contributed by atoms with Gasteiger partial charge in [-0.05, 0) is 31.9 Å². The van der Waals surface area contributed by atoms with Gasteiger partial charge in [0, 0.05) is 42.0 Å². The second-order valence-electron chi connectivity index (χ2n) is 7.44. The zero-order valence-corrected chi connectivity index (χ0v) is 15.4. The van der Waals surface area contributed by atoms with E-state index in [1.54, 1.807) is 0 Å². The highest BCUT2D eigenvalue weighted by molar-refractivity contribution is 6.05. The van der Waals surface area contributed by atoms with Crippen LogP contribution in [-0.4, -0.2) is 44.9 Å². The van der Waals surface area contributed by atoms with Gasteiger partial charge in [0.1, 0.15) is 5.65 Å². The summed E-state index contributed by atoms with van der Waals surface area (Å²) in [4.78, 5) is 22.5. The Morgan fingerprint density at radius 2 is 2.11 bits per heavy atom. The van der Waals surface area contributed by atoms with Gasteiger partial charge in [-0.3, -0.25) is 9.98 Å². The van der Waals surface area contributed by atoms with Crippen molar-refractivity contribution in [3.8, 4) is 0 Å². The number of rotatable bonds is 7. The molecule has 7 heteroatoms. The zero-order chi connectivity index (χ0) is 18.8. The lowest BCUT2D eigenvalue weighted by molar-refractivity contribution is 0.313. The standard InChI is InChI=1S/C20H26N6O/c21-18(22)8-2-1-5-10-25-11-9-14(12-25)26-13-16-15-6-3-4-7-17(15)23-19(16)24-20(26)27/h3-4,6-7,13-14H,1-2,5,8-12H2,(H3,21,22)(H,23,24,27). The second kappa shape index (κ2) is 7.52. The van der Waals surface area contributed by atoms with E-state index in [-0.39, 0.29) is 17.6 Å². The monoisotopic (exact) mass is 366 g/mol. The number of H-pyrrole nitrogens is 1. The SMILES string of the molecule is N=C(N)CCCCCN1CCC(n2cc3c(nc2=O)[nH]c2ccccc23)C1. The Labute approximate surface area is 157 Å². The molecule has 0 spiro atoms. The van der Waals surface area contributed by atoms with Gasteiger partial charge in [0.05, 0.1) is 11.9 Å². The number of hydrogen-bond donors (Lipinski definition) is 3. The van der Waals surface area contributed by atoms with Crippen LogP contribution in [0.15, 0.2) is 35.3 Å². The van der Waals surface area contributed by atoms with E-state index in [2.05, 4.69) is 20.9 Å². The smallest absolute Gasteiger partial charge is 0.349 e. The molecule has 0 aliphatic carbocycles. The predicted octanol–water partition coefficient (Wildman–Crippen LogP) is 2.62. The quantitative estimate of drug-likeness (QED) is 0.340. The summed E-state index contributed by atoms with van der Waals surface area (Å²) in [5.74, 6) is 0.274. The first-order chi connectivity index (χ1) is 13.1. The summed E-state index contributed by atoms with van der Waals surface area (Å²) in [6, 6.07) is 8.24. The molecule has 0 bridgehead atoms. The molecule has 4 N–H and O–H groups in total. The number of unbranched alkanes of at least 4 members (excludes halogenated alkanes) is 2. The summed E-state index contributed by atoms with van der Waals surface area (Å²) in [6.07, 6.45) is 6.81. The number of aromatic nitrogens is 3. The van der Waals surface area contributed by atoms with E-state index in [4.69, 9.17) is 11.1 Å². The van der Waals surface area contributed by atoms with E-state index < -0.39 is 0 Å². The Balaban J connectivity index is 1.45. The van der Waals surface area contributed by atoms with Crippen LogP contribution in [0.4, 0.5) is 0 Å². The van der Waals surface area contributed by atoms with E-state index in [0.717, 1.165) is 61.6 Å². The van der Waals surface area contributed by atoms with Crippen LogP contribution >= 0.6 is 0 Å². The number of fused-ring (bicyclic) bond motifs is 3. The number of nitrogens with one attached hydrogen (secondary N) is 2. The van der Waals surface area contributed by atoms with Crippen LogP contribution in [-0.2, 0) is 0 Å². The average Bonchev–Trinajstić information content (AvgIpc) is 3.24. The third-order valence-electron chi connectivity index (χ3n) is 5.48. The highest BCUT2D eigenvalue weighted by Crippen LogP contribution is 2.25. The molecular weight excluding hydrogens is 340 g/mol. The minimum absolute atomic E-state index is 0.178. The maximum atomic E-state index is 12.5. The number of amidine groups is 1. The molecule has 1 aromatic carbocycles. The second-order valence-corrected chi connectivity index (χ2v) is 7.44. The molecule has 0 amide bonds. The molecule has 27 heavy (non-hydrogen) atoms. The fraction of sp³-hybridized carbons (Fsp3) is 0.450. The molecule has 1 aliphatic heterocycles. The maximum Gasteiger partial charge on any atom is 0.349 e. The molecule has 2 aromatic heterocycles. The Bertz CT molecular complexity index is 1020. The Morgan fingerprint density at radius 1 is 1.26 bits per heavy atom. The fourth-order valence-electron chi connectivity index (χ4n) is 4.05. The van der Waals surface area contributed by atoms with Crippen LogP contribution in [0, 0.1) is 5.41 Å². The van der Waals surface area contributed by atoms with Gasteiger partial charge in [-0.2, -0.15) is 4.98 Å². The Hall–Kier alpha value is -2.67. The Kier molecular flexibility index (Phi) is 4.94. The van der Waals surface area contributed by atoms with Crippen LogP contribution in [0.3, 0.4) is 0 Å². The molecule has 4 rings (SSSR count). The van der Waals surface area contributed by atoms with Gasteiger partial charge in [0.25, 0.3) is 0 Å². The van der Waals surface area contributed by atoms with Gasteiger partial charge in [-0.25, -0.2) is 4.79 Å². The van der Waals surface area contributed by atoms with Crippen LogP contribution in [0.2, 0.25) is 0 Å². The maximum absolute atomic E-state index is 12.5. The van der Waals surface area contributed by atoms with Crippen molar-refractivity contribution in [2.45, 2.75) is 38.1 Å². The van der Waals surface area contributed by atoms with E-state index in [9.17, 15) is 4.79 Å². The van der Waals surface area contributed by atoms with Crippen molar-refractivity contribution in [3.05, 3.63) is 40.9 Å². The van der Waals surface area contributed by atoms with Crippen LogP contribution in [0.1, 0.15) is 38.1 Å². The number of aromatic amines is 1. The van der Waals surface area contributed by atoms with Gasteiger partial charge >= 0.3 is 5.69 Å². The van der Waals surface area contributed by atoms with Crippen LogP contribution in [0.5, 0.6) is 0 Å². The molecule has 1 atom stereocenters. The predicted molar refractivity (Wildman–Crippen MR) is 108 cm³/mol. The third kappa shape index (κ3) is 3.73. The summed E-state index contributed by atoms with van der Waals surface area (Å²) < 4.78 is 1.82. The number of para-hydroxylation sites is 1. The van der Waals surface area contributed by atoms with Gasteiger partial charge < -0.3 is 15.6 Å². The van der Waals surface area contributed by atoms with Crippen molar-refractivity contribution in [3.63, 3.8) is 0 Å². The molecular formula is C20H26N6O. The van der Waals surface area contributed by atoms with E-state index in [0.29, 0.717) is 12.1 Å². The summed E-state index contributed by atoms with van der Waals surface area (Å²) >= 11 is 0. The van der Waals surface area contributed by atoms with Crippen molar-refractivity contribution in [2.75, 3.05) is 19.6 Å². The number of hydrogen-bond acceptors (Lipinski definition) is 4. The lowest BCUT2D eigenvalue weighted by Crippen LogP contribution is -2.29. The summed E-state index contributed by atoms with van der Waals surface area (Å²) in [7, 11) is 0. The van der Waals surface area contributed by atoms with Crippen molar-refractivity contribution in [2.24, 2.45) is 5.73 Å². The van der Waals surface area contributed by atoms with Gasteiger partial charge in [-0.1, -0.05) is 24.6 Å². The molecule has 3 aromatic rings. The Morgan fingerprint density at radius 3 is 2.96 bits per heavy atom. The molecule has 1 aliphatic rings. The minimum atomic E-state index is -0.178. The molecule has 1 saturated heterocycles. The first kappa shape index (κ1) is 17.7. The molecule has 0 radical (unpaired) electrons. The van der Waals surface area contributed by atoms with Crippen LogP contribution in [0.25, 0.3) is 21.9 Å². The number of benzene rings is 1. The van der Waals surface area contributed by atoms with Crippen molar-refractivity contribution in [1.82, 2.24) is 19.4 Å². The van der Waals surface area contributed by atoms with E-state index >= 15 is 0 Å². The number of likely N-dealkylation sites (tertiary alicyclic amines) is 1. The molecule has 142 valence electrons. The van der Waals surface area contributed by atoms with E-state index in [1.165, 1.54) is 0 Å². The van der Waals surface area contributed by atoms with Crippen molar-refractivity contribution < 1.29 is 0 Å². The molecule has 1 unspecified atom stereocenters. The average molecular weight is 366 g/mol. The highest BCUT2D eigenvalue weighted by Gasteiger charge is 2.25. The molecule has 7 nitrogen and oxygen atoms in total. The zero-order valence-electron chi connectivity index (χ0n) is 15.4. The van der Waals surface area contributed by atoms with Crippen molar-refractivity contribution >= 4 is 27.8 Å².